The molecule has 0 spiro atoms. The Labute approximate surface area is 130 Å². The summed E-state index contributed by atoms with van der Waals surface area (Å²) in [4.78, 5) is 0.149. The number of hydrogen-bond donors (Lipinski definition) is 1. The maximum Gasteiger partial charge on any atom is 0.244 e. The van der Waals surface area contributed by atoms with E-state index in [-0.39, 0.29) is 9.92 Å². The van der Waals surface area contributed by atoms with E-state index in [0.29, 0.717) is 30.2 Å². The molecule has 1 aliphatic heterocycles. The first-order valence-corrected chi connectivity index (χ1v) is 8.79. The Hall–Kier alpha value is -0.330. The van der Waals surface area contributed by atoms with Gasteiger partial charge in [-0.3, -0.25) is 0 Å². The molecule has 0 aromatic heterocycles. The molecule has 7 heteroatoms. The van der Waals surface area contributed by atoms with Gasteiger partial charge in [0.05, 0.1) is 5.02 Å². The third-order valence-corrected chi connectivity index (χ3v) is 6.28. The van der Waals surface area contributed by atoms with Crippen LogP contribution in [0.4, 0.5) is 0 Å². The zero-order valence-corrected chi connectivity index (χ0v) is 13.7. The van der Waals surface area contributed by atoms with Gasteiger partial charge in [0, 0.05) is 30.2 Å². The normalized spacial score (nSPS) is 17.4. The molecule has 0 saturated carbocycles. The first-order valence-electron chi connectivity index (χ1n) is 6.60. The Morgan fingerprint density at radius 2 is 1.85 bits per heavy atom. The molecule has 112 valence electrons. The summed E-state index contributed by atoms with van der Waals surface area (Å²) < 4.78 is 26.8. The monoisotopic (exact) mass is 336 g/mol. The van der Waals surface area contributed by atoms with E-state index in [2.05, 4.69) is 5.32 Å². The number of sulfonamides is 1. The molecular weight excluding hydrogens is 319 g/mol. The number of piperidine rings is 1. The van der Waals surface area contributed by atoms with Crippen LogP contribution in [0.2, 0.25) is 10.0 Å². The van der Waals surface area contributed by atoms with Crippen LogP contribution in [-0.2, 0) is 16.6 Å². The van der Waals surface area contributed by atoms with Crippen LogP contribution in [0, 0.1) is 0 Å². The van der Waals surface area contributed by atoms with Gasteiger partial charge < -0.3 is 5.32 Å². The lowest BCUT2D eigenvalue weighted by atomic mass is 10.2. The molecule has 20 heavy (non-hydrogen) atoms. The van der Waals surface area contributed by atoms with Crippen molar-refractivity contribution in [1.82, 2.24) is 9.62 Å². The Morgan fingerprint density at radius 1 is 1.20 bits per heavy atom. The molecule has 1 N–H and O–H groups in total. The van der Waals surface area contributed by atoms with E-state index in [1.807, 2.05) is 0 Å². The second-order valence-corrected chi connectivity index (χ2v) is 7.52. The number of rotatable bonds is 4. The molecular formula is C13H18Cl2N2O2S. The van der Waals surface area contributed by atoms with Crippen molar-refractivity contribution < 1.29 is 8.42 Å². The van der Waals surface area contributed by atoms with E-state index >= 15 is 0 Å². The molecule has 2 rings (SSSR count). The number of benzene rings is 1. The zero-order valence-electron chi connectivity index (χ0n) is 11.3. The fraction of sp³-hybridized carbons (Fsp3) is 0.538. The summed E-state index contributed by atoms with van der Waals surface area (Å²) in [6.07, 6.45) is 2.87. The van der Waals surface area contributed by atoms with Crippen LogP contribution in [0.15, 0.2) is 17.0 Å². The van der Waals surface area contributed by atoms with E-state index < -0.39 is 10.0 Å². The van der Waals surface area contributed by atoms with Crippen molar-refractivity contribution in [2.45, 2.75) is 30.7 Å². The minimum absolute atomic E-state index is 0.149. The van der Waals surface area contributed by atoms with Gasteiger partial charge in [-0.05, 0) is 32.0 Å². The molecule has 1 heterocycles. The summed E-state index contributed by atoms with van der Waals surface area (Å²) >= 11 is 12.3. The van der Waals surface area contributed by atoms with Crippen molar-refractivity contribution in [2.75, 3.05) is 20.1 Å². The number of halogens is 2. The molecule has 0 atom stereocenters. The van der Waals surface area contributed by atoms with Crippen molar-refractivity contribution in [1.29, 1.82) is 0 Å². The Morgan fingerprint density at radius 3 is 2.45 bits per heavy atom. The summed E-state index contributed by atoms with van der Waals surface area (Å²) in [5.41, 5.74) is 0.619. The molecule has 1 aromatic carbocycles. The van der Waals surface area contributed by atoms with Crippen LogP contribution in [-0.4, -0.2) is 32.9 Å². The summed E-state index contributed by atoms with van der Waals surface area (Å²) in [5, 5.41) is 3.64. The van der Waals surface area contributed by atoms with Gasteiger partial charge in [-0.25, -0.2) is 8.42 Å². The second-order valence-electron chi connectivity index (χ2n) is 4.83. The van der Waals surface area contributed by atoms with E-state index in [0.717, 1.165) is 19.3 Å². The predicted octanol–water partition coefficient (Wildman–Crippen LogP) is 2.89. The zero-order chi connectivity index (χ0) is 14.8. The van der Waals surface area contributed by atoms with E-state index in [4.69, 9.17) is 23.2 Å². The Kier molecular flexibility index (Phi) is 5.31. The lowest BCUT2D eigenvalue weighted by Crippen LogP contribution is -2.35. The Bertz CT molecular complexity index is 584. The summed E-state index contributed by atoms with van der Waals surface area (Å²) in [5.74, 6) is 0. The van der Waals surface area contributed by atoms with Crippen LogP contribution in [0.25, 0.3) is 0 Å². The average Bonchev–Trinajstić information content (AvgIpc) is 2.44. The minimum Gasteiger partial charge on any atom is -0.316 e. The van der Waals surface area contributed by atoms with Gasteiger partial charge in [0.25, 0.3) is 0 Å². The lowest BCUT2D eigenvalue weighted by molar-refractivity contribution is 0.346. The van der Waals surface area contributed by atoms with Crippen molar-refractivity contribution >= 4 is 33.2 Å². The standard InChI is InChI=1S/C13H18Cl2N2O2S/c1-16-9-10-11(14)5-6-12(13(10)15)20(18,19)17-7-3-2-4-8-17/h5-6,16H,2-4,7-9H2,1H3. The smallest absolute Gasteiger partial charge is 0.244 e. The van der Waals surface area contributed by atoms with E-state index in [1.54, 1.807) is 13.1 Å². The topological polar surface area (TPSA) is 49.4 Å². The van der Waals surface area contributed by atoms with Gasteiger partial charge in [-0.1, -0.05) is 29.6 Å². The molecule has 1 saturated heterocycles. The predicted molar refractivity (Wildman–Crippen MR) is 81.8 cm³/mol. The van der Waals surface area contributed by atoms with Crippen molar-refractivity contribution in [3.05, 3.63) is 27.7 Å². The number of nitrogens with one attached hydrogen (secondary N) is 1. The molecule has 0 amide bonds. The lowest BCUT2D eigenvalue weighted by Gasteiger charge is -2.26. The van der Waals surface area contributed by atoms with Gasteiger partial charge >= 0.3 is 0 Å². The Balaban J connectivity index is 2.43. The van der Waals surface area contributed by atoms with Gasteiger partial charge in [-0.15, -0.1) is 0 Å². The minimum atomic E-state index is -3.54. The molecule has 0 aliphatic carbocycles. The van der Waals surface area contributed by atoms with Gasteiger partial charge in [-0.2, -0.15) is 4.31 Å². The van der Waals surface area contributed by atoms with Gasteiger partial charge in [0.2, 0.25) is 10.0 Å². The first kappa shape index (κ1) is 16.0. The van der Waals surface area contributed by atoms with Crippen molar-refractivity contribution in [2.24, 2.45) is 0 Å². The summed E-state index contributed by atoms with van der Waals surface area (Å²) in [7, 11) is -1.77. The van der Waals surface area contributed by atoms with E-state index in [9.17, 15) is 8.42 Å². The molecule has 0 radical (unpaired) electrons. The first-order chi connectivity index (χ1) is 9.48. The van der Waals surface area contributed by atoms with E-state index in [1.165, 1.54) is 10.4 Å². The maximum atomic E-state index is 12.7. The van der Waals surface area contributed by atoms with Crippen molar-refractivity contribution in [3.8, 4) is 0 Å². The number of nitrogens with zero attached hydrogens (tertiary/aromatic N) is 1. The quantitative estimate of drug-likeness (QED) is 0.919. The summed E-state index contributed by atoms with van der Waals surface area (Å²) in [6.45, 7) is 1.55. The molecule has 1 fully saturated rings. The van der Waals surface area contributed by atoms with Crippen LogP contribution < -0.4 is 5.32 Å². The molecule has 0 unspecified atom stereocenters. The van der Waals surface area contributed by atoms with Crippen LogP contribution in [0.3, 0.4) is 0 Å². The second kappa shape index (κ2) is 6.62. The van der Waals surface area contributed by atoms with Crippen molar-refractivity contribution in [3.63, 3.8) is 0 Å². The SMILES string of the molecule is CNCc1c(Cl)ccc(S(=O)(=O)N2CCCCC2)c1Cl. The fourth-order valence-electron chi connectivity index (χ4n) is 2.36. The number of hydrogen-bond acceptors (Lipinski definition) is 3. The maximum absolute atomic E-state index is 12.7. The highest BCUT2D eigenvalue weighted by Gasteiger charge is 2.29. The van der Waals surface area contributed by atoms with Gasteiger partial charge in [0.15, 0.2) is 0 Å². The summed E-state index contributed by atoms with van der Waals surface area (Å²) in [6, 6.07) is 3.09. The average molecular weight is 337 g/mol. The molecule has 4 nitrogen and oxygen atoms in total. The fourth-order valence-corrected chi connectivity index (χ4v) is 4.76. The molecule has 1 aromatic rings. The largest absolute Gasteiger partial charge is 0.316 e. The van der Waals surface area contributed by atoms with Crippen LogP contribution >= 0.6 is 23.2 Å². The highest BCUT2D eigenvalue weighted by molar-refractivity contribution is 7.89. The molecule has 0 bridgehead atoms. The van der Waals surface area contributed by atoms with Crippen LogP contribution in [0.1, 0.15) is 24.8 Å². The third-order valence-electron chi connectivity index (χ3n) is 3.44. The highest BCUT2D eigenvalue weighted by Crippen LogP contribution is 2.33. The third kappa shape index (κ3) is 3.12. The highest BCUT2D eigenvalue weighted by atomic mass is 35.5. The molecule has 1 aliphatic rings. The van der Waals surface area contributed by atoms with Gasteiger partial charge in [0.1, 0.15) is 4.90 Å². The van der Waals surface area contributed by atoms with Crippen LogP contribution in [0.5, 0.6) is 0 Å².